The second-order valence-electron chi connectivity index (χ2n) is 6.17. The quantitative estimate of drug-likeness (QED) is 0.469. The van der Waals surface area contributed by atoms with Crippen LogP contribution in [0.5, 0.6) is 5.75 Å². The number of thiophene rings is 1. The number of aliphatic carboxylic acids is 1. The molecule has 0 fully saturated rings. The molecule has 0 spiro atoms. The minimum atomic E-state index is -0.848. The van der Waals surface area contributed by atoms with Gasteiger partial charge in [-0.05, 0) is 50.6 Å². The van der Waals surface area contributed by atoms with E-state index in [2.05, 4.69) is 5.32 Å². The molecule has 2 N–H and O–H groups in total. The highest BCUT2D eigenvalue weighted by molar-refractivity contribution is 7.12. The fraction of sp³-hybridized carbons (Fsp3) is 0.350. The summed E-state index contributed by atoms with van der Waals surface area (Å²) in [6.45, 7) is 4.19. The van der Waals surface area contributed by atoms with Gasteiger partial charge in [0.1, 0.15) is 5.75 Å². The first-order valence-electron chi connectivity index (χ1n) is 8.70. The van der Waals surface area contributed by atoms with Crippen molar-refractivity contribution >= 4 is 34.7 Å². The Bertz CT molecular complexity index is 810. The van der Waals surface area contributed by atoms with Gasteiger partial charge >= 0.3 is 5.97 Å². The number of ether oxygens (including phenoxy) is 1. The number of aryl methyl sites for hydroxylation is 2. The summed E-state index contributed by atoms with van der Waals surface area (Å²) >= 11 is 1.58. The second-order valence-corrected chi connectivity index (χ2v) is 7.63. The van der Waals surface area contributed by atoms with E-state index in [1.165, 1.54) is 0 Å². The summed E-state index contributed by atoms with van der Waals surface area (Å²) in [7, 11) is 0. The van der Waals surface area contributed by atoms with E-state index < -0.39 is 5.97 Å². The summed E-state index contributed by atoms with van der Waals surface area (Å²) < 4.78 is 5.44. The van der Waals surface area contributed by atoms with Gasteiger partial charge < -0.3 is 15.2 Å². The van der Waals surface area contributed by atoms with Crippen LogP contribution in [-0.2, 0) is 9.59 Å². The van der Waals surface area contributed by atoms with Crippen molar-refractivity contribution in [2.75, 3.05) is 11.9 Å². The van der Waals surface area contributed by atoms with Gasteiger partial charge in [0.2, 0.25) is 5.91 Å². The maximum absolute atomic E-state index is 12.2. The smallest absolute Gasteiger partial charge is 0.303 e. The molecule has 1 heterocycles. The van der Waals surface area contributed by atoms with E-state index in [9.17, 15) is 14.4 Å². The lowest BCUT2D eigenvalue weighted by molar-refractivity contribution is -0.137. The van der Waals surface area contributed by atoms with E-state index in [1.807, 2.05) is 19.9 Å². The number of carbonyl (C=O) groups is 3. The Labute approximate surface area is 162 Å². The van der Waals surface area contributed by atoms with Crippen molar-refractivity contribution in [1.29, 1.82) is 0 Å². The Morgan fingerprint density at radius 3 is 2.37 bits per heavy atom. The number of hydrogen-bond donors (Lipinski definition) is 2. The summed E-state index contributed by atoms with van der Waals surface area (Å²) in [6.07, 6.45) is 0.802. The minimum absolute atomic E-state index is 0.0166. The van der Waals surface area contributed by atoms with Crippen LogP contribution in [0, 0.1) is 13.8 Å². The molecular formula is C20H23NO5S. The third-order valence-electron chi connectivity index (χ3n) is 3.86. The summed E-state index contributed by atoms with van der Waals surface area (Å²) in [5, 5.41) is 11.3. The van der Waals surface area contributed by atoms with Crippen LogP contribution in [0.3, 0.4) is 0 Å². The molecule has 0 unspecified atom stereocenters. The zero-order valence-corrected chi connectivity index (χ0v) is 16.2. The maximum Gasteiger partial charge on any atom is 0.303 e. The average Bonchev–Trinajstić information content (AvgIpc) is 2.96. The lowest BCUT2D eigenvalue weighted by atomic mass is 10.1. The van der Waals surface area contributed by atoms with E-state index in [-0.39, 0.29) is 31.0 Å². The number of Topliss-reactive ketones (excluding diaryl/α,β-unsaturated/α-hetero) is 1. The molecule has 0 saturated carbocycles. The molecule has 2 aromatic rings. The molecule has 6 nitrogen and oxygen atoms in total. The highest BCUT2D eigenvalue weighted by Gasteiger charge is 2.14. The number of amides is 1. The number of carboxylic acids is 1. The molecule has 0 aliphatic rings. The molecule has 2 rings (SSSR count). The highest BCUT2D eigenvalue weighted by atomic mass is 32.1. The standard InChI is InChI=1S/C20H23NO5S/c1-13-12-17(14(2)27-13)18(22)9-10-19(23)21-15-5-7-16(8-6-15)26-11-3-4-20(24)25/h5-8,12H,3-4,9-11H2,1-2H3,(H,21,23)(H,24,25). The van der Waals surface area contributed by atoms with Crippen LogP contribution < -0.4 is 10.1 Å². The third-order valence-corrected chi connectivity index (χ3v) is 4.83. The molecule has 1 aromatic heterocycles. The monoisotopic (exact) mass is 389 g/mol. The van der Waals surface area contributed by atoms with E-state index >= 15 is 0 Å². The van der Waals surface area contributed by atoms with Crippen molar-refractivity contribution in [3.05, 3.63) is 45.6 Å². The van der Waals surface area contributed by atoms with Crippen LogP contribution in [0.1, 0.15) is 45.8 Å². The van der Waals surface area contributed by atoms with Gasteiger partial charge in [-0.1, -0.05) is 0 Å². The summed E-state index contributed by atoms with van der Waals surface area (Å²) in [5.74, 6) is -0.475. The number of anilines is 1. The lowest BCUT2D eigenvalue weighted by Gasteiger charge is -2.08. The zero-order chi connectivity index (χ0) is 19.8. The Morgan fingerprint density at radius 1 is 1.07 bits per heavy atom. The van der Waals surface area contributed by atoms with Crippen LogP contribution in [0.15, 0.2) is 30.3 Å². The first-order valence-corrected chi connectivity index (χ1v) is 9.51. The van der Waals surface area contributed by atoms with Crippen molar-refractivity contribution in [3.63, 3.8) is 0 Å². The van der Waals surface area contributed by atoms with Crippen molar-refractivity contribution in [2.24, 2.45) is 0 Å². The van der Waals surface area contributed by atoms with Crippen molar-refractivity contribution in [1.82, 2.24) is 0 Å². The number of carbonyl (C=O) groups excluding carboxylic acids is 2. The first-order chi connectivity index (χ1) is 12.8. The van der Waals surface area contributed by atoms with E-state index in [0.29, 0.717) is 30.0 Å². The summed E-state index contributed by atoms with van der Waals surface area (Å²) in [6, 6.07) is 8.70. The highest BCUT2D eigenvalue weighted by Crippen LogP contribution is 2.22. The van der Waals surface area contributed by atoms with Gasteiger partial charge in [0, 0.05) is 40.3 Å². The number of benzene rings is 1. The topological polar surface area (TPSA) is 92.7 Å². The molecule has 0 bridgehead atoms. The fourth-order valence-corrected chi connectivity index (χ4v) is 3.48. The van der Waals surface area contributed by atoms with Crippen molar-refractivity contribution in [3.8, 4) is 5.75 Å². The molecule has 0 radical (unpaired) electrons. The predicted octanol–water partition coefficient (Wildman–Crippen LogP) is 4.21. The van der Waals surface area contributed by atoms with Gasteiger partial charge in [0.05, 0.1) is 6.61 Å². The first kappa shape index (κ1) is 20.6. The third kappa shape index (κ3) is 6.86. The van der Waals surface area contributed by atoms with Crippen LogP contribution in [-0.4, -0.2) is 29.4 Å². The fourth-order valence-electron chi connectivity index (χ4n) is 2.54. The molecule has 0 aliphatic carbocycles. The van der Waals surface area contributed by atoms with Gasteiger partial charge in [0.25, 0.3) is 0 Å². The predicted molar refractivity (Wildman–Crippen MR) is 105 cm³/mol. The number of ketones is 1. The number of hydrogen-bond acceptors (Lipinski definition) is 5. The molecule has 27 heavy (non-hydrogen) atoms. The van der Waals surface area contributed by atoms with Gasteiger partial charge in [-0.15, -0.1) is 11.3 Å². The van der Waals surface area contributed by atoms with E-state index in [0.717, 1.165) is 9.75 Å². The van der Waals surface area contributed by atoms with Crippen LogP contribution in [0.4, 0.5) is 5.69 Å². The Morgan fingerprint density at radius 2 is 1.78 bits per heavy atom. The molecule has 7 heteroatoms. The molecule has 0 aliphatic heterocycles. The SMILES string of the molecule is Cc1cc(C(=O)CCC(=O)Nc2ccc(OCCCC(=O)O)cc2)c(C)s1. The van der Waals surface area contributed by atoms with Crippen molar-refractivity contribution in [2.45, 2.75) is 39.5 Å². The summed E-state index contributed by atoms with van der Waals surface area (Å²) in [4.78, 5) is 36.8. The van der Waals surface area contributed by atoms with Crippen LogP contribution in [0.25, 0.3) is 0 Å². The van der Waals surface area contributed by atoms with E-state index in [1.54, 1.807) is 35.6 Å². The zero-order valence-electron chi connectivity index (χ0n) is 15.4. The summed E-state index contributed by atoms with van der Waals surface area (Å²) in [5.41, 5.74) is 1.32. The average molecular weight is 389 g/mol. The largest absolute Gasteiger partial charge is 0.494 e. The second kappa shape index (κ2) is 9.87. The van der Waals surface area contributed by atoms with Crippen molar-refractivity contribution < 1.29 is 24.2 Å². The Balaban J connectivity index is 1.76. The molecule has 1 aromatic carbocycles. The lowest BCUT2D eigenvalue weighted by Crippen LogP contribution is -2.13. The molecular weight excluding hydrogens is 366 g/mol. The normalized spacial score (nSPS) is 10.4. The van der Waals surface area contributed by atoms with Crippen LogP contribution in [0.2, 0.25) is 0 Å². The molecule has 144 valence electrons. The van der Waals surface area contributed by atoms with Crippen LogP contribution >= 0.6 is 11.3 Å². The maximum atomic E-state index is 12.2. The van der Waals surface area contributed by atoms with E-state index in [4.69, 9.17) is 9.84 Å². The van der Waals surface area contributed by atoms with Gasteiger partial charge in [-0.2, -0.15) is 0 Å². The van der Waals surface area contributed by atoms with Gasteiger partial charge in [-0.3, -0.25) is 14.4 Å². The Hall–Kier alpha value is -2.67. The number of nitrogens with one attached hydrogen (secondary N) is 1. The number of carboxylic acid groups (broad SMARTS) is 1. The van der Waals surface area contributed by atoms with Gasteiger partial charge in [-0.25, -0.2) is 0 Å². The molecule has 1 amide bonds. The van der Waals surface area contributed by atoms with Gasteiger partial charge in [0.15, 0.2) is 5.78 Å². The minimum Gasteiger partial charge on any atom is -0.494 e. The molecule has 0 atom stereocenters. The Kier molecular flexibility index (Phi) is 7.55. The molecule has 0 saturated heterocycles. The number of rotatable bonds is 10.